The number of benzene rings is 2. The molecule has 0 aliphatic heterocycles. The van der Waals surface area contributed by atoms with Gasteiger partial charge in [-0.05, 0) is 37.6 Å². The maximum atomic E-state index is 6.13. The van der Waals surface area contributed by atoms with Crippen molar-refractivity contribution in [3.05, 3.63) is 59.1 Å². The lowest BCUT2D eigenvalue weighted by atomic mass is 10.2. The van der Waals surface area contributed by atoms with Crippen molar-refractivity contribution in [2.45, 2.75) is 26.5 Å². The highest BCUT2D eigenvalue weighted by molar-refractivity contribution is 6.31. The Kier molecular flexibility index (Phi) is 4.69. The summed E-state index contributed by atoms with van der Waals surface area (Å²) in [7, 11) is 0. The molecule has 3 heteroatoms. The van der Waals surface area contributed by atoms with Crippen LogP contribution in [-0.2, 0) is 6.54 Å². The lowest BCUT2D eigenvalue weighted by Gasteiger charge is -2.12. The molecule has 0 aliphatic rings. The van der Waals surface area contributed by atoms with Crippen LogP contribution in [0.3, 0.4) is 0 Å². The Bertz CT molecular complexity index is 540. The number of halogens is 1. The van der Waals surface area contributed by atoms with Crippen molar-refractivity contribution in [3.63, 3.8) is 0 Å². The van der Waals surface area contributed by atoms with Gasteiger partial charge in [-0.15, -0.1) is 0 Å². The molecule has 1 N–H and O–H groups in total. The molecule has 2 nitrogen and oxygen atoms in total. The van der Waals surface area contributed by atoms with Crippen LogP contribution in [0.4, 0.5) is 5.69 Å². The fourth-order valence-corrected chi connectivity index (χ4v) is 1.99. The average Bonchev–Trinajstić information content (AvgIpc) is 2.37. The Morgan fingerprint density at radius 2 is 1.89 bits per heavy atom. The Morgan fingerprint density at radius 1 is 1.11 bits per heavy atom. The molecule has 0 unspecified atom stereocenters. The Labute approximate surface area is 119 Å². The first-order valence-corrected chi connectivity index (χ1v) is 6.77. The summed E-state index contributed by atoms with van der Waals surface area (Å²) in [6.45, 7) is 4.73. The molecule has 0 spiro atoms. The van der Waals surface area contributed by atoms with Gasteiger partial charge in [0, 0.05) is 23.3 Å². The number of hydrogen-bond donors (Lipinski definition) is 1. The lowest BCUT2D eigenvalue weighted by Crippen LogP contribution is -2.06. The zero-order valence-corrected chi connectivity index (χ0v) is 11.9. The van der Waals surface area contributed by atoms with Crippen molar-refractivity contribution in [1.82, 2.24) is 0 Å². The van der Waals surface area contributed by atoms with Crippen LogP contribution in [0.15, 0.2) is 48.5 Å². The molecular formula is C16H18ClNO. The first-order chi connectivity index (χ1) is 9.15. The summed E-state index contributed by atoms with van der Waals surface area (Å²) >= 11 is 6.13. The van der Waals surface area contributed by atoms with Gasteiger partial charge in [0.2, 0.25) is 0 Å². The number of hydrogen-bond acceptors (Lipinski definition) is 2. The van der Waals surface area contributed by atoms with Crippen LogP contribution in [0, 0.1) is 0 Å². The van der Waals surface area contributed by atoms with Crippen molar-refractivity contribution >= 4 is 17.3 Å². The van der Waals surface area contributed by atoms with Gasteiger partial charge in [-0.2, -0.15) is 0 Å². The number of anilines is 1. The van der Waals surface area contributed by atoms with Gasteiger partial charge in [0.25, 0.3) is 0 Å². The molecule has 19 heavy (non-hydrogen) atoms. The highest BCUT2D eigenvalue weighted by atomic mass is 35.5. The monoisotopic (exact) mass is 275 g/mol. The number of nitrogens with one attached hydrogen (secondary N) is 1. The minimum Gasteiger partial charge on any atom is -0.491 e. The van der Waals surface area contributed by atoms with E-state index in [-0.39, 0.29) is 6.10 Å². The quantitative estimate of drug-likeness (QED) is 0.851. The molecule has 0 saturated heterocycles. The number of rotatable bonds is 5. The summed E-state index contributed by atoms with van der Waals surface area (Å²) in [5.74, 6) is 0.874. The third kappa shape index (κ3) is 4.18. The maximum absolute atomic E-state index is 6.13. The molecule has 2 rings (SSSR count). The summed E-state index contributed by atoms with van der Waals surface area (Å²) in [6.07, 6.45) is 0.179. The van der Waals surface area contributed by atoms with E-state index >= 15 is 0 Å². The van der Waals surface area contributed by atoms with Gasteiger partial charge >= 0.3 is 0 Å². The van der Waals surface area contributed by atoms with Gasteiger partial charge in [-0.3, -0.25) is 0 Å². The second-order valence-corrected chi connectivity index (χ2v) is 5.05. The molecule has 100 valence electrons. The molecule has 0 aliphatic carbocycles. The van der Waals surface area contributed by atoms with Crippen molar-refractivity contribution in [3.8, 4) is 5.75 Å². The van der Waals surface area contributed by atoms with Gasteiger partial charge in [0.1, 0.15) is 5.75 Å². The molecule has 0 atom stereocenters. The summed E-state index contributed by atoms with van der Waals surface area (Å²) in [5.41, 5.74) is 2.11. The normalized spacial score (nSPS) is 10.5. The van der Waals surface area contributed by atoms with E-state index in [1.165, 1.54) is 0 Å². The summed E-state index contributed by atoms with van der Waals surface area (Å²) in [5, 5.41) is 4.13. The predicted octanol–water partition coefficient (Wildman–Crippen LogP) is 4.74. The van der Waals surface area contributed by atoms with E-state index in [9.17, 15) is 0 Å². The number of ether oxygens (including phenoxy) is 1. The van der Waals surface area contributed by atoms with Crippen LogP contribution >= 0.6 is 11.6 Å². The maximum Gasteiger partial charge on any atom is 0.121 e. The van der Waals surface area contributed by atoms with Crippen LogP contribution < -0.4 is 10.1 Å². The summed E-state index contributed by atoms with van der Waals surface area (Å²) < 4.78 is 5.66. The van der Waals surface area contributed by atoms with Gasteiger partial charge < -0.3 is 10.1 Å². The molecular weight excluding hydrogens is 258 g/mol. The van der Waals surface area contributed by atoms with Crippen LogP contribution in [0.2, 0.25) is 5.02 Å². The smallest absolute Gasteiger partial charge is 0.121 e. The molecule has 0 bridgehead atoms. The fraction of sp³-hybridized carbons (Fsp3) is 0.250. The fourth-order valence-electron chi connectivity index (χ4n) is 1.79. The Morgan fingerprint density at radius 3 is 2.63 bits per heavy atom. The van der Waals surface area contributed by atoms with Crippen LogP contribution in [0.25, 0.3) is 0 Å². The summed E-state index contributed by atoms with van der Waals surface area (Å²) in [4.78, 5) is 0. The van der Waals surface area contributed by atoms with E-state index < -0.39 is 0 Å². The standard InChI is InChI=1S/C16H18ClNO/c1-12(2)19-15-8-5-7-14(10-15)18-11-13-6-3-4-9-16(13)17/h3-10,12,18H,11H2,1-2H3. The van der Waals surface area contributed by atoms with E-state index in [2.05, 4.69) is 5.32 Å². The third-order valence-corrected chi connectivity index (χ3v) is 3.02. The molecule has 2 aromatic rings. The third-order valence-electron chi connectivity index (χ3n) is 2.65. The zero-order valence-electron chi connectivity index (χ0n) is 11.2. The van der Waals surface area contributed by atoms with Crippen molar-refractivity contribution in [2.75, 3.05) is 5.32 Å². The van der Waals surface area contributed by atoms with Crippen LogP contribution in [0.1, 0.15) is 19.4 Å². The van der Waals surface area contributed by atoms with E-state index in [1.54, 1.807) is 0 Å². The molecule has 0 radical (unpaired) electrons. The largest absolute Gasteiger partial charge is 0.491 e. The minimum absolute atomic E-state index is 0.179. The SMILES string of the molecule is CC(C)Oc1cccc(NCc2ccccc2Cl)c1. The van der Waals surface area contributed by atoms with Crippen molar-refractivity contribution in [1.29, 1.82) is 0 Å². The second-order valence-electron chi connectivity index (χ2n) is 4.64. The molecule has 0 heterocycles. The first-order valence-electron chi connectivity index (χ1n) is 6.39. The van der Waals surface area contributed by atoms with Crippen LogP contribution in [0.5, 0.6) is 5.75 Å². The van der Waals surface area contributed by atoms with Crippen molar-refractivity contribution in [2.24, 2.45) is 0 Å². The van der Waals surface area contributed by atoms with Gasteiger partial charge in [0.15, 0.2) is 0 Å². The molecule has 2 aromatic carbocycles. The highest BCUT2D eigenvalue weighted by Gasteiger charge is 2.01. The summed E-state index contributed by atoms with van der Waals surface area (Å²) in [6, 6.07) is 15.8. The van der Waals surface area contributed by atoms with Gasteiger partial charge in [0.05, 0.1) is 6.10 Å². The molecule has 0 saturated carbocycles. The topological polar surface area (TPSA) is 21.3 Å². The van der Waals surface area contributed by atoms with E-state index in [0.717, 1.165) is 22.0 Å². The van der Waals surface area contributed by atoms with Gasteiger partial charge in [-0.25, -0.2) is 0 Å². The van der Waals surface area contributed by atoms with E-state index in [4.69, 9.17) is 16.3 Å². The molecule has 0 aromatic heterocycles. The van der Waals surface area contributed by atoms with Gasteiger partial charge in [-0.1, -0.05) is 35.9 Å². The first kappa shape index (κ1) is 13.8. The molecule has 0 amide bonds. The predicted molar refractivity (Wildman–Crippen MR) is 81.0 cm³/mol. The lowest BCUT2D eigenvalue weighted by molar-refractivity contribution is 0.242. The average molecular weight is 276 g/mol. The van der Waals surface area contributed by atoms with E-state index in [0.29, 0.717) is 6.54 Å². The Hall–Kier alpha value is -1.67. The van der Waals surface area contributed by atoms with Crippen LogP contribution in [-0.4, -0.2) is 6.10 Å². The van der Waals surface area contributed by atoms with Crippen molar-refractivity contribution < 1.29 is 4.74 Å². The highest BCUT2D eigenvalue weighted by Crippen LogP contribution is 2.21. The van der Waals surface area contributed by atoms with E-state index in [1.807, 2.05) is 62.4 Å². The Balaban J connectivity index is 2.02. The minimum atomic E-state index is 0.179. The zero-order chi connectivity index (χ0) is 13.7. The molecule has 0 fully saturated rings. The second kappa shape index (κ2) is 6.48.